The first kappa shape index (κ1) is 15.3. The second-order valence-corrected chi connectivity index (χ2v) is 6.05. The zero-order valence-corrected chi connectivity index (χ0v) is 12.7. The fraction of sp³-hybridized carbons (Fsp3) is 0.533. The van der Waals surface area contributed by atoms with Crippen LogP contribution >= 0.6 is 11.6 Å². The van der Waals surface area contributed by atoms with Crippen molar-refractivity contribution in [1.29, 1.82) is 0 Å². The minimum Gasteiger partial charge on any atom is -0.359 e. The van der Waals surface area contributed by atoms with Gasteiger partial charge in [0.15, 0.2) is 0 Å². The van der Waals surface area contributed by atoms with Crippen LogP contribution in [0.4, 0.5) is 0 Å². The third-order valence-electron chi connectivity index (χ3n) is 3.53. The van der Waals surface area contributed by atoms with Crippen molar-refractivity contribution in [2.75, 3.05) is 19.6 Å². The van der Waals surface area contributed by atoms with Gasteiger partial charge in [0.25, 0.3) is 5.91 Å². The summed E-state index contributed by atoms with van der Waals surface area (Å²) in [5.41, 5.74) is 6.05. The van der Waals surface area contributed by atoms with Gasteiger partial charge in [-0.3, -0.25) is 4.79 Å². The molecular formula is C15H21ClN2O2. The molecule has 1 aromatic carbocycles. The van der Waals surface area contributed by atoms with E-state index >= 15 is 0 Å². The lowest BCUT2D eigenvalue weighted by molar-refractivity contribution is -0.177. The molecule has 1 aliphatic heterocycles. The number of nitrogens with zero attached hydrogens (tertiary/aromatic N) is 1. The Hall–Kier alpha value is -1.10. The van der Waals surface area contributed by atoms with Crippen LogP contribution in [0.5, 0.6) is 0 Å². The molecule has 2 rings (SSSR count). The molecule has 0 saturated carbocycles. The molecule has 2 N–H and O–H groups in total. The molecule has 0 spiro atoms. The van der Waals surface area contributed by atoms with Crippen LogP contribution in [0.25, 0.3) is 0 Å². The number of rotatable bonds is 4. The summed E-state index contributed by atoms with van der Waals surface area (Å²) >= 11 is 5.86. The summed E-state index contributed by atoms with van der Waals surface area (Å²) in [5, 5.41) is 0.723. The van der Waals surface area contributed by atoms with Gasteiger partial charge in [-0.1, -0.05) is 23.7 Å². The third-order valence-corrected chi connectivity index (χ3v) is 3.79. The number of amides is 1. The lowest BCUT2D eigenvalue weighted by Crippen LogP contribution is -2.59. The van der Waals surface area contributed by atoms with E-state index in [1.807, 2.05) is 29.2 Å². The molecule has 1 unspecified atom stereocenters. The lowest BCUT2D eigenvalue weighted by atomic mass is 10.0. The van der Waals surface area contributed by atoms with Crippen molar-refractivity contribution in [2.45, 2.75) is 32.0 Å². The van der Waals surface area contributed by atoms with Gasteiger partial charge in [-0.05, 0) is 38.0 Å². The summed E-state index contributed by atoms with van der Waals surface area (Å²) in [6.07, 6.45) is 0.712. The largest absolute Gasteiger partial charge is 0.359 e. The van der Waals surface area contributed by atoms with Gasteiger partial charge in [0, 0.05) is 24.7 Å². The van der Waals surface area contributed by atoms with E-state index in [1.165, 1.54) is 0 Å². The minimum atomic E-state index is -0.789. The maximum absolute atomic E-state index is 12.3. The number of carbonyl (C=O) groups excluding carboxylic acids is 1. The summed E-state index contributed by atoms with van der Waals surface area (Å²) in [4.78, 5) is 14.2. The van der Waals surface area contributed by atoms with E-state index in [9.17, 15) is 4.79 Å². The second kappa shape index (κ2) is 6.12. The first-order chi connectivity index (χ1) is 9.42. The van der Waals surface area contributed by atoms with Gasteiger partial charge in [-0.2, -0.15) is 0 Å². The van der Waals surface area contributed by atoms with Gasteiger partial charge >= 0.3 is 0 Å². The van der Waals surface area contributed by atoms with Crippen molar-refractivity contribution in [2.24, 2.45) is 5.73 Å². The third kappa shape index (κ3) is 3.51. The van der Waals surface area contributed by atoms with Gasteiger partial charge in [0.2, 0.25) is 0 Å². The molecule has 5 heteroatoms. The highest BCUT2D eigenvalue weighted by Crippen LogP contribution is 2.22. The first-order valence-corrected chi connectivity index (χ1v) is 7.22. The molecule has 20 heavy (non-hydrogen) atoms. The molecule has 0 radical (unpaired) electrons. The maximum Gasteiger partial charge on any atom is 0.254 e. The molecule has 1 aromatic rings. The molecule has 1 saturated heterocycles. The Balaban J connectivity index is 2.00. The standard InChI is InChI=1S/C15H21ClN2O2/c1-15(2)14(19)18(10-13(9-17)20-15)8-7-11-3-5-12(16)6-4-11/h3-6,13H,7-10,17H2,1-2H3. The van der Waals surface area contributed by atoms with E-state index in [-0.39, 0.29) is 12.0 Å². The molecular weight excluding hydrogens is 276 g/mol. The van der Waals surface area contributed by atoms with Crippen molar-refractivity contribution in [3.05, 3.63) is 34.9 Å². The predicted octanol–water partition coefficient (Wildman–Crippen LogP) is 1.85. The molecule has 1 heterocycles. The predicted molar refractivity (Wildman–Crippen MR) is 79.7 cm³/mol. The minimum absolute atomic E-state index is 0.0242. The van der Waals surface area contributed by atoms with E-state index in [1.54, 1.807) is 13.8 Å². The molecule has 4 nitrogen and oxygen atoms in total. The van der Waals surface area contributed by atoms with Gasteiger partial charge < -0.3 is 15.4 Å². The van der Waals surface area contributed by atoms with Crippen LogP contribution in [0.3, 0.4) is 0 Å². The first-order valence-electron chi connectivity index (χ1n) is 6.84. The number of benzene rings is 1. The van der Waals surface area contributed by atoms with E-state index in [2.05, 4.69) is 0 Å². The molecule has 0 bridgehead atoms. The quantitative estimate of drug-likeness (QED) is 0.922. The molecule has 1 atom stereocenters. The number of hydrogen-bond donors (Lipinski definition) is 1. The monoisotopic (exact) mass is 296 g/mol. The Morgan fingerprint density at radius 1 is 1.40 bits per heavy atom. The second-order valence-electron chi connectivity index (χ2n) is 5.61. The number of carbonyl (C=O) groups is 1. The van der Waals surface area contributed by atoms with Crippen LogP contribution in [0.2, 0.25) is 5.02 Å². The van der Waals surface area contributed by atoms with Crippen molar-refractivity contribution < 1.29 is 9.53 Å². The van der Waals surface area contributed by atoms with Crippen LogP contribution in [0.1, 0.15) is 19.4 Å². The topological polar surface area (TPSA) is 55.6 Å². The Kier molecular flexibility index (Phi) is 4.68. The van der Waals surface area contributed by atoms with Crippen molar-refractivity contribution in [3.8, 4) is 0 Å². The smallest absolute Gasteiger partial charge is 0.254 e. The van der Waals surface area contributed by atoms with Gasteiger partial charge in [-0.25, -0.2) is 0 Å². The van der Waals surface area contributed by atoms with Gasteiger partial charge in [0.05, 0.1) is 6.10 Å². The Labute approximate surface area is 124 Å². The molecule has 1 amide bonds. The molecule has 110 valence electrons. The van der Waals surface area contributed by atoms with Gasteiger partial charge in [0.1, 0.15) is 5.60 Å². The van der Waals surface area contributed by atoms with Crippen molar-refractivity contribution in [1.82, 2.24) is 4.90 Å². The number of ether oxygens (including phenoxy) is 1. The van der Waals surface area contributed by atoms with E-state index < -0.39 is 5.60 Å². The average molecular weight is 297 g/mol. The molecule has 0 aromatic heterocycles. The highest BCUT2D eigenvalue weighted by atomic mass is 35.5. The van der Waals surface area contributed by atoms with Crippen LogP contribution in [-0.2, 0) is 16.0 Å². The van der Waals surface area contributed by atoms with E-state index in [0.717, 1.165) is 17.0 Å². The summed E-state index contributed by atoms with van der Waals surface area (Å²) in [7, 11) is 0. The fourth-order valence-electron chi connectivity index (χ4n) is 2.44. The Morgan fingerprint density at radius 2 is 2.05 bits per heavy atom. The average Bonchev–Trinajstić information content (AvgIpc) is 2.42. The number of halogens is 1. The zero-order chi connectivity index (χ0) is 14.8. The van der Waals surface area contributed by atoms with Crippen molar-refractivity contribution >= 4 is 17.5 Å². The van der Waals surface area contributed by atoms with E-state index in [4.69, 9.17) is 22.1 Å². The summed E-state index contributed by atoms with van der Waals surface area (Å²) in [6, 6.07) is 7.70. The molecule has 1 fully saturated rings. The number of nitrogens with two attached hydrogens (primary N) is 1. The maximum atomic E-state index is 12.3. The summed E-state index contributed by atoms with van der Waals surface area (Å²) < 4.78 is 5.70. The highest BCUT2D eigenvalue weighted by Gasteiger charge is 2.40. The van der Waals surface area contributed by atoms with Crippen molar-refractivity contribution in [3.63, 3.8) is 0 Å². The van der Waals surface area contributed by atoms with Crippen LogP contribution in [-0.4, -0.2) is 42.1 Å². The Morgan fingerprint density at radius 3 is 2.65 bits per heavy atom. The zero-order valence-electron chi connectivity index (χ0n) is 11.9. The fourth-order valence-corrected chi connectivity index (χ4v) is 2.57. The molecule has 0 aliphatic carbocycles. The Bertz CT molecular complexity index is 473. The number of morpholine rings is 1. The van der Waals surface area contributed by atoms with Crippen LogP contribution in [0.15, 0.2) is 24.3 Å². The van der Waals surface area contributed by atoms with Crippen LogP contribution in [0, 0.1) is 0 Å². The summed E-state index contributed by atoms with van der Waals surface area (Å²) in [6.45, 7) is 5.25. The SMILES string of the molecule is CC1(C)OC(CN)CN(CCc2ccc(Cl)cc2)C1=O. The van der Waals surface area contributed by atoms with Gasteiger partial charge in [-0.15, -0.1) is 0 Å². The van der Waals surface area contributed by atoms with Crippen LogP contribution < -0.4 is 5.73 Å². The number of hydrogen-bond acceptors (Lipinski definition) is 3. The van der Waals surface area contributed by atoms with E-state index in [0.29, 0.717) is 19.6 Å². The lowest BCUT2D eigenvalue weighted by Gasteiger charge is -2.41. The normalized spacial score (nSPS) is 22.1. The summed E-state index contributed by atoms with van der Waals surface area (Å²) in [5.74, 6) is 0.0242. The highest BCUT2D eigenvalue weighted by molar-refractivity contribution is 6.30. The molecule has 1 aliphatic rings.